The Hall–Kier alpha value is -2.51. The van der Waals surface area contributed by atoms with Crippen molar-refractivity contribution in [2.45, 2.75) is 26.3 Å². The largest absolute Gasteiger partial charge is 0.379 e. The Morgan fingerprint density at radius 1 is 1.11 bits per heavy atom. The van der Waals surface area contributed by atoms with Crippen molar-refractivity contribution in [3.63, 3.8) is 0 Å². The fraction of sp³-hybridized carbons (Fsp3) is 0.476. The molecule has 0 spiro atoms. The van der Waals surface area contributed by atoms with Gasteiger partial charge in [0.05, 0.1) is 19.5 Å². The molecule has 0 radical (unpaired) electrons. The van der Waals surface area contributed by atoms with Crippen LogP contribution in [0.4, 0.5) is 5.82 Å². The van der Waals surface area contributed by atoms with Crippen molar-refractivity contribution in [1.29, 1.82) is 0 Å². The molecule has 0 bridgehead atoms. The number of morpholine rings is 1. The lowest BCUT2D eigenvalue weighted by molar-refractivity contribution is 0.0378. The Kier molecular flexibility index (Phi) is 5.83. The van der Waals surface area contributed by atoms with Crippen LogP contribution in [-0.4, -0.2) is 63.8 Å². The summed E-state index contributed by atoms with van der Waals surface area (Å²) in [6.07, 6.45) is 2.91. The molecule has 1 fully saturated rings. The lowest BCUT2D eigenvalue weighted by Gasteiger charge is -2.26. The second kappa shape index (κ2) is 8.67. The van der Waals surface area contributed by atoms with E-state index in [1.807, 2.05) is 36.7 Å². The number of ether oxygens (including phenoxy) is 1. The maximum atomic E-state index is 5.42. The molecule has 1 saturated heterocycles. The van der Waals surface area contributed by atoms with Crippen LogP contribution < -0.4 is 5.32 Å². The number of benzene rings is 1. The van der Waals surface area contributed by atoms with Crippen molar-refractivity contribution >= 4 is 17.0 Å². The monoisotopic (exact) mass is 380 g/mol. The molecule has 1 N–H and O–H groups in total. The fourth-order valence-electron chi connectivity index (χ4n) is 3.47. The smallest absolute Gasteiger partial charge is 0.166 e. The van der Waals surface area contributed by atoms with E-state index >= 15 is 0 Å². The number of hydrogen-bond acceptors (Lipinski definition) is 6. The second-order valence-corrected chi connectivity index (χ2v) is 7.41. The first-order valence-corrected chi connectivity index (χ1v) is 10.1. The third-order valence-electron chi connectivity index (χ3n) is 5.06. The van der Waals surface area contributed by atoms with Crippen LogP contribution in [-0.2, 0) is 4.74 Å². The second-order valence-electron chi connectivity index (χ2n) is 7.41. The van der Waals surface area contributed by atoms with Gasteiger partial charge in [0.1, 0.15) is 5.52 Å². The number of nitrogens with zero attached hydrogens (tertiary/aromatic N) is 5. The molecule has 28 heavy (non-hydrogen) atoms. The van der Waals surface area contributed by atoms with Gasteiger partial charge in [0.15, 0.2) is 17.3 Å². The molecule has 4 rings (SSSR count). The normalized spacial score (nSPS) is 15.4. The summed E-state index contributed by atoms with van der Waals surface area (Å²) in [5.41, 5.74) is 2.72. The van der Waals surface area contributed by atoms with E-state index in [1.165, 1.54) is 0 Å². The first-order valence-electron chi connectivity index (χ1n) is 10.1. The molecular weight excluding hydrogens is 352 g/mol. The molecule has 0 saturated carbocycles. The average molecular weight is 380 g/mol. The molecule has 1 aliphatic rings. The SMILES string of the molecule is CC(C)n1cnc2c(NCCCN3CCOCC3)nc(-c3ccccc3)nc21. The van der Waals surface area contributed by atoms with Gasteiger partial charge in [0.25, 0.3) is 0 Å². The molecule has 1 aliphatic heterocycles. The van der Waals surface area contributed by atoms with E-state index in [0.29, 0.717) is 0 Å². The standard InChI is InChI=1S/C21H28N6O/c1-16(2)27-15-23-18-20(22-9-6-10-26-11-13-28-14-12-26)24-19(25-21(18)27)17-7-4-3-5-8-17/h3-5,7-8,15-16H,6,9-14H2,1-2H3,(H,22,24,25). The number of fused-ring (bicyclic) bond motifs is 1. The van der Waals surface area contributed by atoms with Gasteiger partial charge in [0, 0.05) is 31.2 Å². The van der Waals surface area contributed by atoms with Gasteiger partial charge >= 0.3 is 0 Å². The van der Waals surface area contributed by atoms with E-state index < -0.39 is 0 Å². The van der Waals surface area contributed by atoms with Crippen LogP contribution in [0, 0.1) is 0 Å². The predicted octanol–water partition coefficient (Wildman–Crippen LogP) is 3.21. The highest BCUT2D eigenvalue weighted by molar-refractivity contribution is 5.85. The highest BCUT2D eigenvalue weighted by Crippen LogP contribution is 2.25. The van der Waals surface area contributed by atoms with Crippen molar-refractivity contribution < 1.29 is 4.74 Å². The molecule has 148 valence electrons. The van der Waals surface area contributed by atoms with E-state index in [4.69, 9.17) is 14.7 Å². The van der Waals surface area contributed by atoms with Crippen LogP contribution in [0.25, 0.3) is 22.6 Å². The maximum absolute atomic E-state index is 5.42. The highest BCUT2D eigenvalue weighted by atomic mass is 16.5. The van der Waals surface area contributed by atoms with Gasteiger partial charge in [0.2, 0.25) is 0 Å². The number of imidazole rings is 1. The zero-order valence-electron chi connectivity index (χ0n) is 16.6. The molecule has 3 aromatic rings. The Morgan fingerprint density at radius 2 is 1.89 bits per heavy atom. The third-order valence-corrected chi connectivity index (χ3v) is 5.06. The molecule has 0 atom stereocenters. The van der Waals surface area contributed by atoms with Gasteiger partial charge in [-0.05, 0) is 26.8 Å². The third kappa shape index (κ3) is 4.15. The molecule has 7 heteroatoms. The molecule has 2 aromatic heterocycles. The van der Waals surface area contributed by atoms with E-state index in [0.717, 1.165) is 74.2 Å². The van der Waals surface area contributed by atoms with E-state index in [2.05, 4.69) is 33.6 Å². The molecule has 0 unspecified atom stereocenters. The minimum Gasteiger partial charge on any atom is -0.379 e. The number of hydrogen-bond donors (Lipinski definition) is 1. The summed E-state index contributed by atoms with van der Waals surface area (Å²) in [5, 5.41) is 3.50. The zero-order valence-corrected chi connectivity index (χ0v) is 16.6. The van der Waals surface area contributed by atoms with Crippen molar-refractivity contribution in [3.8, 4) is 11.4 Å². The van der Waals surface area contributed by atoms with Crippen LogP contribution in [0.3, 0.4) is 0 Å². The van der Waals surface area contributed by atoms with Gasteiger partial charge < -0.3 is 14.6 Å². The Morgan fingerprint density at radius 3 is 2.64 bits per heavy atom. The zero-order chi connectivity index (χ0) is 19.3. The van der Waals surface area contributed by atoms with E-state index in [9.17, 15) is 0 Å². The summed E-state index contributed by atoms with van der Waals surface area (Å²) < 4.78 is 7.52. The summed E-state index contributed by atoms with van der Waals surface area (Å²) in [5.74, 6) is 1.54. The first-order chi connectivity index (χ1) is 13.7. The van der Waals surface area contributed by atoms with Gasteiger partial charge in [-0.15, -0.1) is 0 Å². The Labute approximate surface area is 165 Å². The van der Waals surface area contributed by atoms with Crippen molar-refractivity contribution in [2.24, 2.45) is 0 Å². The van der Waals surface area contributed by atoms with Crippen LogP contribution >= 0.6 is 0 Å². The van der Waals surface area contributed by atoms with Crippen LogP contribution in [0.1, 0.15) is 26.3 Å². The maximum Gasteiger partial charge on any atom is 0.166 e. The summed E-state index contributed by atoms with van der Waals surface area (Å²) in [6, 6.07) is 10.4. The summed E-state index contributed by atoms with van der Waals surface area (Å²) in [7, 11) is 0. The van der Waals surface area contributed by atoms with Gasteiger partial charge in [-0.1, -0.05) is 30.3 Å². The molecule has 0 aliphatic carbocycles. The highest BCUT2D eigenvalue weighted by Gasteiger charge is 2.16. The minimum absolute atomic E-state index is 0.290. The summed E-state index contributed by atoms with van der Waals surface area (Å²) in [4.78, 5) is 16.7. The number of nitrogens with one attached hydrogen (secondary N) is 1. The van der Waals surface area contributed by atoms with Crippen molar-refractivity contribution in [1.82, 2.24) is 24.4 Å². The lowest BCUT2D eigenvalue weighted by atomic mass is 10.2. The van der Waals surface area contributed by atoms with Crippen molar-refractivity contribution in [3.05, 3.63) is 36.7 Å². The average Bonchev–Trinajstić information content (AvgIpc) is 3.17. The van der Waals surface area contributed by atoms with Crippen LogP contribution in [0.5, 0.6) is 0 Å². The molecular formula is C21H28N6O. The number of rotatable bonds is 7. The predicted molar refractivity (Wildman–Crippen MR) is 112 cm³/mol. The van der Waals surface area contributed by atoms with Gasteiger partial charge in [-0.3, -0.25) is 4.90 Å². The Balaban J connectivity index is 1.55. The summed E-state index contributed by atoms with van der Waals surface area (Å²) in [6.45, 7) is 9.92. The molecule has 0 amide bonds. The molecule has 7 nitrogen and oxygen atoms in total. The fourth-order valence-corrected chi connectivity index (χ4v) is 3.47. The molecule has 3 heterocycles. The lowest BCUT2D eigenvalue weighted by Crippen LogP contribution is -2.37. The number of anilines is 1. The van der Waals surface area contributed by atoms with Crippen LogP contribution in [0.15, 0.2) is 36.7 Å². The van der Waals surface area contributed by atoms with Crippen molar-refractivity contribution in [2.75, 3.05) is 44.7 Å². The minimum atomic E-state index is 0.290. The van der Waals surface area contributed by atoms with E-state index in [1.54, 1.807) is 0 Å². The van der Waals surface area contributed by atoms with Crippen LogP contribution in [0.2, 0.25) is 0 Å². The van der Waals surface area contributed by atoms with E-state index in [-0.39, 0.29) is 6.04 Å². The first kappa shape index (κ1) is 18.8. The quantitative estimate of drug-likeness (QED) is 0.635. The van der Waals surface area contributed by atoms with Gasteiger partial charge in [-0.2, -0.15) is 0 Å². The summed E-state index contributed by atoms with van der Waals surface area (Å²) >= 11 is 0. The molecule has 1 aromatic carbocycles. The van der Waals surface area contributed by atoms with Gasteiger partial charge in [-0.25, -0.2) is 15.0 Å². The number of aromatic nitrogens is 4. The Bertz CT molecular complexity index is 902. The topological polar surface area (TPSA) is 68.1 Å².